The van der Waals surface area contributed by atoms with Gasteiger partial charge in [-0.15, -0.1) is 0 Å². The Labute approximate surface area is 77.5 Å². The monoisotopic (exact) mass is 201 g/mol. The maximum absolute atomic E-state index is 10.6. The van der Waals surface area contributed by atoms with Gasteiger partial charge in [-0.2, -0.15) is 0 Å². The Bertz CT molecular complexity index is 379. The van der Waals surface area contributed by atoms with Gasteiger partial charge in [-0.1, -0.05) is 11.6 Å². The first-order valence-electron chi connectivity index (χ1n) is 3.13. The summed E-state index contributed by atoms with van der Waals surface area (Å²) < 4.78 is 0. The summed E-state index contributed by atoms with van der Waals surface area (Å²) in [5.74, 6) is -0.781. The number of halogens is 1. The molecule has 0 aliphatic carbocycles. The van der Waals surface area contributed by atoms with Gasteiger partial charge in [-0.05, 0) is 6.07 Å². The van der Waals surface area contributed by atoms with Gasteiger partial charge in [0, 0.05) is 6.07 Å². The number of carbonyl (C=O) groups is 1. The van der Waals surface area contributed by atoms with Crippen molar-refractivity contribution in [2.45, 2.75) is 0 Å². The van der Waals surface area contributed by atoms with Crippen LogP contribution in [0.5, 0.6) is 0 Å². The summed E-state index contributed by atoms with van der Waals surface area (Å²) in [7, 11) is 0. The summed E-state index contributed by atoms with van der Waals surface area (Å²) in [6.07, 6.45) is 0. The van der Waals surface area contributed by atoms with Crippen molar-refractivity contribution >= 4 is 23.2 Å². The Morgan fingerprint density at radius 3 is 2.62 bits per heavy atom. The molecule has 0 bridgehead atoms. The molecule has 1 aromatic heterocycles. The summed E-state index contributed by atoms with van der Waals surface area (Å²) in [6.45, 7) is 0. The maximum Gasteiger partial charge on any atom is 0.306 e. The minimum atomic E-state index is -0.781. The van der Waals surface area contributed by atoms with E-state index in [2.05, 4.69) is 4.98 Å². The molecule has 0 saturated heterocycles. The van der Waals surface area contributed by atoms with Crippen molar-refractivity contribution in [1.82, 2.24) is 4.98 Å². The smallest absolute Gasteiger partial charge is 0.306 e. The van der Waals surface area contributed by atoms with Crippen molar-refractivity contribution < 1.29 is 9.72 Å². The minimum absolute atomic E-state index is 0.101. The zero-order valence-corrected chi connectivity index (χ0v) is 6.99. The van der Waals surface area contributed by atoms with E-state index in [1.165, 1.54) is 0 Å². The van der Waals surface area contributed by atoms with Gasteiger partial charge in [0.2, 0.25) is 5.15 Å². The minimum Gasteiger partial charge on any atom is -0.364 e. The van der Waals surface area contributed by atoms with E-state index in [1.807, 2.05) is 0 Å². The molecule has 0 aromatic carbocycles. The SMILES string of the molecule is NC(=O)c1ccc([N+](=O)[O-])c(Cl)n1. The van der Waals surface area contributed by atoms with Crippen LogP contribution in [0.25, 0.3) is 0 Å². The molecule has 0 radical (unpaired) electrons. The average Bonchev–Trinajstić information content (AvgIpc) is 2.03. The quantitative estimate of drug-likeness (QED) is 0.433. The van der Waals surface area contributed by atoms with Crippen LogP contribution in [0.3, 0.4) is 0 Å². The van der Waals surface area contributed by atoms with Gasteiger partial charge in [0.1, 0.15) is 5.69 Å². The lowest BCUT2D eigenvalue weighted by molar-refractivity contribution is -0.385. The van der Waals surface area contributed by atoms with Crippen molar-refractivity contribution in [2.75, 3.05) is 0 Å². The van der Waals surface area contributed by atoms with Crippen LogP contribution in [0, 0.1) is 10.1 Å². The molecular weight excluding hydrogens is 198 g/mol. The van der Waals surface area contributed by atoms with E-state index >= 15 is 0 Å². The van der Waals surface area contributed by atoms with Gasteiger partial charge in [-0.25, -0.2) is 4.98 Å². The van der Waals surface area contributed by atoms with Gasteiger partial charge in [0.05, 0.1) is 4.92 Å². The van der Waals surface area contributed by atoms with E-state index in [1.54, 1.807) is 0 Å². The van der Waals surface area contributed by atoms with E-state index in [-0.39, 0.29) is 16.5 Å². The molecule has 2 N–H and O–H groups in total. The topological polar surface area (TPSA) is 99.1 Å². The Morgan fingerprint density at radius 2 is 2.23 bits per heavy atom. The summed E-state index contributed by atoms with van der Waals surface area (Å²) >= 11 is 5.41. The molecule has 0 aliphatic heterocycles. The van der Waals surface area contributed by atoms with Gasteiger partial charge >= 0.3 is 5.69 Å². The molecule has 0 atom stereocenters. The van der Waals surface area contributed by atoms with Crippen LogP contribution in [-0.2, 0) is 0 Å². The predicted octanol–water partition coefficient (Wildman–Crippen LogP) is 0.742. The molecule has 7 heteroatoms. The van der Waals surface area contributed by atoms with E-state index in [0.717, 1.165) is 12.1 Å². The predicted molar refractivity (Wildman–Crippen MR) is 44.4 cm³/mol. The Hall–Kier alpha value is -1.69. The number of pyridine rings is 1. The summed E-state index contributed by atoms with van der Waals surface area (Å²) in [4.78, 5) is 23.6. The normalized spacial score (nSPS) is 9.62. The van der Waals surface area contributed by atoms with Crippen LogP contribution in [-0.4, -0.2) is 15.8 Å². The first-order chi connectivity index (χ1) is 6.02. The molecule has 68 valence electrons. The second-order valence-electron chi connectivity index (χ2n) is 2.13. The molecule has 6 nitrogen and oxygen atoms in total. The van der Waals surface area contributed by atoms with Crippen molar-refractivity contribution in [3.63, 3.8) is 0 Å². The number of rotatable bonds is 2. The van der Waals surface area contributed by atoms with Crippen LogP contribution in [0.15, 0.2) is 12.1 Å². The van der Waals surface area contributed by atoms with Crippen LogP contribution in [0.4, 0.5) is 5.69 Å². The first-order valence-corrected chi connectivity index (χ1v) is 3.51. The van der Waals surface area contributed by atoms with Crippen molar-refractivity contribution in [3.05, 3.63) is 33.1 Å². The van der Waals surface area contributed by atoms with E-state index in [9.17, 15) is 14.9 Å². The number of amides is 1. The highest BCUT2D eigenvalue weighted by molar-refractivity contribution is 6.31. The Kier molecular flexibility index (Phi) is 2.43. The molecule has 1 aromatic rings. The summed E-state index contributed by atoms with van der Waals surface area (Å²) in [5, 5.41) is 9.92. The third-order valence-corrected chi connectivity index (χ3v) is 1.56. The van der Waals surface area contributed by atoms with Gasteiger partial charge in [-0.3, -0.25) is 14.9 Å². The lowest BCUT2D eigenvalue weighted by Crippen LogP contribution is -2.13. The fraction of sp³-hybridized carbons (Fsp3) is 0. The number of hydrogen-bond acceptors (Lipinski definition) is 4. The molecule has 0 unspecified atom stereocenters. The van der Waals surface area contributed by atoms with Crippen LogP contribution < -0.4 is 5.73 Å². The molecule has 1 heterocycles. The third kappa shape index (κ3) is 1.91. The third-order valence-electron chi connectivity index (χ3n) is 1.28. The number of aromatic nitrogens is 1. The average molecular weight is 202 g/mol. The number of hydrogen-bond donors (Lipinski definition) is 1. The van der Waals surface area contributed by atoms with Gasteiger partial charge in [0.15, 0.2) is 0 Å². The molecular formula is C6H4ClN3O3. The number of carbonyl (C=O) groups excluding carboxylic acids is 1. The Morgan fingerprint density at radius 1 is 1.62 bits per heavy atom. The number of primary amides is 1. The zero-order valence-electron chi connectivity index (χ0n) is 6.23. The number of nitrogens with two attached hydrogens (primary N) is 1. The number of nitro groups is 1. The van der Waals surface area contributed by atoms with E-state index in [4.69, 9.17) is 17.3 Å². The highest BCUT2D eigenvalue weighted by Gasteiger charge is 2.15. The Balaban J connectivity index is 3.20. The van der Waals surface area contributed by atoms with Crippen molar-refractivity contribution in [3.8, 4) is 0 Å². The van der Waals surface area contributed by atoms with Gasteiger partial charge in [0.25, 0.3) is 5.91 Å². The standard InChI is InChI=1S/C6H4ClN3O3/c7-5-4(10(12)13)2-1-3(9-5)6(8)11/h1-2H,(H2,8,11). The summed E-state index contributed by atoms with van der Waals surface area (Å²) in [5.41, 5.74) is 4.42. The highest BCUT2D eigenvalue weighted by Crippen LogP contribution is 2.21. The molecule has 0 spiro atoms. The highest BCUT2D eigenvalue weighted by atomic mass is 35.5. The fourth-order valence-corrected chi connectivity index (χ4v) is 0.923. The van der Waals surface area contributed by atoms with E-state index < -0.39 is 10.8 Å². The molecule has 0 saturated carbocycles. The van der Waals surface area contributed by atoms with Crippen molar-refractivity contribution in [1.29, 1.82) is 0 Å². The van der Waals surface area contributed by atoms with Crippen molar-refractivity contribution in [2.24, 2.45) is 5.73 Å². The van der Waals surface area contributed by atoms with E-state index in [0.29, 0.717) is 0 Å². The van der Waals surface area contributed by atoms with Crippen LogP contribution >= 0.6 is 11.6 Å². The maximum atomic E-state index is 10.6. The zero-order chi connectivity index (χ0) is 10.0. The molecule has 1 rings (SSSR count). The fourth-order valence-electron chi connectivity index (χ4n) is 0.700. The van der Waals surface area contributed by atoms with Crippen LogP contribution in [0.1, 0.15) is 10.5 Å². The second-order valence-corrected chi connectivity index (χ2v) is 2.49. The molecule has 0 fully saturated rings. The first kappa shape index (κ1) is 9.40. The van der Waals surface area contributed by atoms with Crippen LogP contribution in [0.2, 0.25) is 5.15 Å². The molecule has 1 amide bonds. The lowest BCUT2D eigenvalue weighted by atomic mass is 10.3. The molecule has 13 heavy (non-hydrogen) atoms. The largest absolute Gasteiger partial charge is 0.364 e. The molecule has 0 aliphatic rings. The summed E-state index contributed by atoms with van der Waals surface area (Å²) in [6, 6.07) is 2.22. The second kappa shape index (κ2) is 3.36. The van der Waals surface area contributed by atoms with Gasteiger partial charge < -0.3 is 5.73 Å². The number of nitrogens with zero attached hydrogens (tertiary/aromatic N) is 2. The lowest BCUT2D eigenvalue weighted by Gasteiger charge is -1.96.